The highest BCUT2D eigenvalue weighted by Gasteiger charge is 2.34. The Labute approximate surface area is 201 Å². The number of halogens is 4. The van der Waals surface area contributed by atoms with Gasteiger partial charge in [0.1, 0.15) is 5.71 Å². The molecule has 1 unspecified atom stereocenters. The second kappa shape index (κ2) is 10.3. The number of carbonyl (C=O) groups is 1. The minimum absolute atomic E-state index is 0. The number of benzene rings is 2. The molecular weight excluding hydrogens is 511 g/mol. The van der Waals surface area contributed by atoms with Gasteiger partial charge in [-0.25, -0.2) is 5.01 Å². The maximum absolute atomic E-state index is 12.9. The minimum atomic E-state index is -0.168. The predicted molar refractivity (Wildman–Crippen MR) is 129 cm³/mol. The largest absolute Gasteiger partial charge is 0.284 e. The van der Waals surface area contributed by atoms with Crippen LogP contribution in [0.15, 0.2) is 47.6 Å². The van der Waals surface area contributed by atoms with Crippen LogP contribution in [0.3, 0.4) is 0 Å². The average molecular weight is 533 g/mol. The van der Waals surface area contributed by atoms with E-state index in [0.717, 1.165) is 31.5 Å². The van der Waals surface area contributed by atoms with Crippen LogP contribution in [0.4, 0.5) is 5.69 Å². The fourth-order valence-corrected chi connectivity index (χ4v) is 4.32. The number of rotatable bonds is 4. The third-order valence-corrected chi connectivity index (χ3v) is 5.99. The highest BCUT2D eigenvalue weighted by Crippen LogP contribution is 2.39. The van der Waals surface area contributed by atoms with Crippen molar-refractivity contribution in [3.8, 4) is 0 Å². The first kappa shape index (κ1) is 23.4. The summed E-state index contributed by atoms with van der Waals surface area (Å²) in [5, 5.41) is 10.1. The molecule has 9 heteroatoms. The van der Waals surface area contributed by atoms with E-state index in [1.54, 1.807) is 17.1 Å². The number of anilines is 1. The Hall–Kier alpha value is -1.31. The van der Waals surface area contributed by atoms with Crippen molar-refractivity contribution in [3.05, 3.63) is 63.1 Å². The number of hydrogen-bond donors (Lipinski definition) is 1. The second-order valence-corrected chi connectivity index (χ2v) is 8.53. The lowest BCUT2D eigenvalue weighted by Gasteiger charge is -2.26. The third-order valence-electron chi connectivity index (χ3n) is 5.20. The topological polar surface area (TPSA) is 47.9 Å². The molecule has 0 saturated carbocycles. The van der Waals surface area contributed by atoms with E-state index in [9.17, 15) is 4.79 Å². The quantitative estimate of drug-likeness (QED) is 0.522. The Morgan fingerprint density at radius 1 is 0.967 bits per heavy atom. The van der Waals surface area contributed by atoms with Gasteiger partial charge >= 0.3 is 0 Å². The highest BCUT2D eigenvalue weighted by atomic mass is 79.9. The molecule has 1 N–H and O–H groups in total. The van der Waals surface area contributed by atoms with E-state index in [0.29, 0.717) is 32.9 Å². The van der Waals surface area contributed by atoms with E-state index >= 15 is 0 Å². The first-order chi connectivity index (χ1) is 14.0. The van der Waals surface area contributed by atoms with Crippen LogP contribution in [0.5, 0.6) is 0 Å². The number of hydrazone groups is 1. The van der Waals surface area contributed by atoms with Crippen LogP contribution < -0.4 is 10.4 Å². The molecule has 2 heterocycles. The lowest BCUT2D eigenvalue weighted by atomic mass is 10.0. The van der Waals surface area contributed by atoms with Crippen LogP contribution in [-0.4, -0.2) is 29.7 Å². The normalized spacial score (nSPS) is 19.2. The molecule has 0 spiro atoms. The van der Waals surface area contributed by atoms with Gasteiger partial charge in [0.2, 0.25) is 0 Å². The van der Waals surface area contributed by atoms with Crippen molar-refractivity contribution in [2.75, 3.05) is 18.1 Å². The number of amides is 1. The van der Waals surface area contributed by atoms with Gasteiger partial charge in [0.05, 0.1) is 16.8 Å². The van der Waals surface area contributed by atoms with Crippen LogP contribution in [0.1, 0.15) is 37.3 Å². The molecule has 0 aromatic heterocycles. The van der Waals surface area contributed by atoms with Crippen molar-refractivity contribution in [3.63, 3.8) is 0 Å². The zero-order valence-electron chi connectivity index (χ0n) is 16.2. The number of piperidine rings is 1. The molecule has 1 fully saturated rings. The van der Waals surface area contributed by atoms with Gasteiger partial charge in [-0.05, 0) is 48.7 Å². The van der Waals surface area contributed by atoms with Gasteiger partial charge < -0.3 is 0 Å². The average Bonchev–Trinajstić information content (AvgIpc) is 3.14. The first-order valence-electron chi connectivity index (χ1n) is 9.64. The maximum Gasteiger partial charge on any atom is 0.281 e. The summed E-state index contributed by atoms with van der Waals surface area (Å²) in [6, 6.07) is 12.7. The lowest BCUT2D eigenvalue weighted by molar-refractivity contribution is -0.119. The van der Waals surface area contributed by atoms with E-state index in [2.05, 4.69) is 10.5 Å². The minimum Gasteiger partial charge on any atom is -0.284 e. The molecule has 1 amide bonds. The Morgan fingerprint density at radius 3 is 2.30 bits per heavy atom. The molecule has 2 aliphatic rings. The van der Waals surface area contributed by atoms with E-state index in [4.69, 9.17) is 34.8 Å². The Balaban J connectivity index is 0.00000256. The SMILES string of the molecule is Br.O=C(NN1CCCCC1)C1=NN(c2ccc(Cl)cc2Cl)C(c2ccc(Cl)cc2)C1. The zero-order valence-corrected chi connectivity index (χ0v) is 20.1. The Kier molecular flexibility index (Phi) is 8.04. The maximum atomic E-state index is 12.9. The summed E-state index contributed by atoms with van der Waals surface area (Å²) in [6.45, 7) is 1.73. The van der Waals surface area contributed by atoms with Crippen molar-refractivity contribution >= 4 is 69.1 Å². The monoisotopic (exact) mass is 530 g/mol. The van der Waals surface area contributed by atoms with E-state index < -0.39 is 0 Å². The van der Waals surface area contributed by atoms with Gasteiger partial charge in [-0.15, -0.1) is 17.0 Å². The van der Waals surface area contributed by atoms with Crippen LogP contribution in [0.2, 0.25) is 15.1 Å². The van der Waals surface area contributed by atoms with Crippen molar-refractivity contribution < 1.29 is 4.79 Å². The summed E-state index contributed by atoms with van der Waals surface area (Å²) < 4.78 is 0. The van der Waals surface area contributed by atoms with Crippen molar-refractivity contribution in [2.24, 2.45) is 5.10 Å². The van der Waals surface area contributed by atoms with E-state index in [-0.39, 0.29) is 28.9 Å². The van der Waals surface area contributed by atoms with Crippen molar-refractivity contribution in [1.29, 1.82) is 0 Å². The number of hydrogen-bond acceptors (Lipinski definition) is 4. The van der Waals surface area contributed by atoms with Gasteiger partial charge in [-0.2, -0.15) is 5.10 Å². The zero-order chi connectivity index (χ0) is 20.4. The molecule has 0 bridgehead atoms. The first-order valence-corrected chi connectivity index (χ1v) is 10.8. The molecule has 1 saturated heterocycles. The summed E-state index contributed by atoms with van der Waals surface area (Å²) in [5.41, 5.74) is 5.18. The van der Waals surface area contributed by atoms with Crippen LogP contribution in [0.25, 0.3) is 0 Å². The van der Waals surface area contributed by atoms with Gasteiger partial charge in [0, 0.05) is 29.6 Å². The van der Waals surface area contributed by atoms with Gasteiger partial charge in [-0.1, -0.05) is 53.4 Å². The van der Waals surface area contributed by atoms with Crippen LogP contribution in [0, 0.1) is 0 Å². The molecule has 160 valence electrons. The van der Waals surface area contributed by atoms with Crippen LogP contribution in [-0.2, 0) is 4.79 Å². The summed E-state index contributed by atoms with van der Waals surface area (Å²) in [5.74, 6) is -0.168. The fraction of sp³-hybridized carbons (Fsp3) is 0.333. The smallest absolute Gasteiger partial charge is 0.281 e. The molecule has 5 nitrogen and oxygen atoms in total. The number of nitrogens with one attached hydrogen (secondary N) is 1. The fourth-order valence-electron chi connectivity index (χ4n) is 3.69. The molecule has 0 radical (unpaired) electrons. The molecule has 0 aliphatic carbocycles. The summed E-state index contributed by atoms with van der Waals surface area (Å²) in [7, 11) is 0. The molecule has 4 rings (SSSR count). The summed E-state index contributed by atoms with van der Waals surface area (Å²) in [4.78, 5) is 12.9. The van der Waals surface area contributed by atoms with Gasteiger partial charge in [0.15, 0.2) is 0 Å². The van der Waals surface area contributed by atoms with Crippen molar-refractivity contribution in [1.82, 2.24) is 10.4 Å². The number of carbonyl (C=O) groups excluding carboxylic acids is 1. The summed E-state index contributed by atoms with van der Waals surface area (Å²) in [6.07, 6.45) is 3.86. The van der Waals surface area contributed by atoms with Crippen molar-refractivity contribution in [2.45, 2.75) is 31.7 Å². The molecule has 30 heavy (non-hydrogen) atoms. The van der Waals surface area contributed by atoms with Gasteiger partial charge in [-0.3, -0.25) is 15.2 Å². The third kappa shape index (κ3) is 5.29. The molecule has 2 aromatic carbocycles. The summed E-state index contributed by atoms with van der Waals surface area (Å²) >= 11 is 18.6. The molecule has 2 aromatic rings. The lowest BCUT2D eigenvalue weighted by Crippen LogP contribution is -2.47. The standard InChI is InChI=1S/C21H21Cl3N4O.BrH/c22-15-6-4-14(5-7-15)20-13-18(21(29)26-27-10-2-1-3-11-27)25-28(20)19-9-8-16(23)12-17(19)24;/h4-9,12,20H,1-3,10-11,13H2,(H,26,29);1H. The predicted octanol–water partition coefficient (Wildman–Crippen LogP) is 6.05. The highest BCUT2D eigenvalue weighted by molar-refractivity contribution is 8.93. The van der Waals surface area contributed by atoms with E-state index in [1.165, 1.54) is 6.42 Å². The second-order valence-electron chi connectivity index (χ2n) is 7.25. The van der Waals surface area contributed by atoms with E-state index in [1.807, 2.05) is 35.3 Å². The molecule has 1 atom stereocenters. The number of hydrazine groups is 1. The molecule has 2 aliphatic heterocycles. The molecular formula is C21H22BrCl3N4O. The Bertz CT molecular complexity index is 932. The van der Waals surface area contributed by atoms with Crippen LogP contribution >= 0.6 is 51.8 Å². The number of nitrogens with zero attached hydrogens (tertiary/aromatic N) is 3. The van der Waals surface area contributed by atoms with Gasteiger partial charge in [0.25, 0.3) is 5.91 Å². The Morgan fingerprint density at radius 2 is 1.63 bits per heavy atom.